The Labute approximate surface area is 139 Å². The molecule has 0 saturated heterocycles. The van der Waals surface area contributed by atoms with Crippen molar-refractivity contribution in [2.24, 2.45) is 0 Å². The van der Waals surface area contributed by atoms with Crippen LogP contribution in [0.3, 0.4) is 0 Å². The van der Waals surface area contributed by atoms with Gasteiger partial charge in [-0.2, -0.15) is 0 Å². The number of phenolic OH excluding ortho intramolecular Hbond substituents is 1. The number of phenols is 1. The fraction of sp³-hybridized carbons (Fsp3) is 0.632. The minimum Gasteiger partial charge on any atom is -0.507 e. The van der Waals surface area contributed by atoms with E-state index in [0.29, 0.717) is 12.4 Å². The predicted octanol–water partition coefficient (Wildman–Crippen LogP) is 5.05. The van der Waals surface area contributed by atoms with Crippen molar-refractivity contribution in [2.75, 3.05) is 6.61 Å². The number of rotatable bonds is 4. The molecule has 0 aliphatic carbocycles. The normalized spacial score (nSPS) is 12.1. The van der Waals surface area contributed by atoms with Gasteiger partial charge in [0.1, 0.15) is 12.4 Å². The van der Waals surface area contributed by atoms with Crippen LogP contribution >= 0.6 is 0 Å². The van der Waals surface area contributed by atoms with Crippen LogP contribution in [0.4, 0.5) is 4.79 Å². The van der Waals surface area contributed by atoms with Crippen LogP contribution in [-0.2, 0) is 26.9 Å². The zero-order chi connectivity index (χ0) is 17.8. The zero-order valence-corrected chi connectivity index (χ0v) is 15.4. The number of ether oxygens (including phenoxy) is 2. The quantitative estimate of drug-likeness (QED) is 0.788. The van der Waals surface area contributed by atoms with E-state index in [1.54, 1.807) is 0 Å². The summed E-state index contributed by atoms with van der Waals surface area (Å²) in [5, 5.41) is 10.6. The third-order valence-electron chi connectivity index (χ3n) is 3.57. The molecule has 0 saturated carbocycles. The fourth-order valence-corrected chi connectivity index (χ4v) is 2.29. The molecular formula is C19H30O4. The van der Waals surface area contributed by atoms with Crippen LogP contribution in [0.2, 0.25) is 0 Å². The molecule has 1 N–H and O–H groups in total. The van der Waals surface area contributed by atoms with Crippen molar-refractivity contribution in [2.45, 2.75) is 72.3 Å². The lowest BCUT2D eigenvalue weighted by molar-refractivity contribution is 0.0499. The van der Waals surface area contributed by atoms with Crippen LogP contribution in [0.25, 0.3) is 0 Å². The Kier molecular flexibility index (Phi) is 6.09. The number of hydrogen-bond acceptors (Lipinski definition) is 4. The summed E-state index contributed by atoms with van der Waals surface area (Å²) < 4.78 is 10.1. The summed E-state index contributed by atoms with van der Waals surface area (Å²) in [5.74, 6) is 0.322. The van der Waals surface area contributed by atoms with Crippen LogP contribution in [0.15, 0.2) is 12.1 Å². The first-order chi connectivity index (χ1) is 10.5. The van der Waals surface area contributed by atoms with E-state index >= 15 is 0 Å². The molecule has 0 spiro atoms. The van der Waals surface area contributed by atoms with E-state index in [9.17, 15) is 9.90 Å². The van der Waals surface area contributed by atoms with E-state index in [2.05, 4.69) is 41.5 Å². The average molecular weight is 322 g/mol. The molecule has 4 nitrogen and oxygen atoms in total. The highest BCUT2D eigenvalue weighted by Gasteiger charge is 2.26. The molecular weight excluding hydrogens is 292 g/mol. The van der Waals surface area contributed by atoms with Gasteiger partial charge in [-0.05, 0) is 46.1 Å². The topological polar surface area (TPSA) is 55.8 Å². The molecule has 1 aromatic carbocycles. The summed E-state index contributed by atoms with van der Waals surface area (Å²) in [6, 6.07) is 3.80. The first-order valence-electron chi connectivity index (χ1n) is 8.13. The molecule has 0 fully saturated rings. The molecule has 1 aromatic rings. The summed E-state index contributed by atoms with van der Waals surface area (Å²) in [6.07, 6.45) is 0.103. The molecule has 1 rings (SSSR count). The van der Waals surface area contributed by atoms with Gasteiger partial charge in [0.25, 0.3) is 0 Å². The molecule has 4 heteroatoms. The number of carbonyl (C=O) groups is 1. The van der Waals surface area contributed by atoms with Crippen LogP contribution in [0.1, 0.15) is 71.6 Å². The smallest absolute Gasteiger partial charge is 0.507 e. The van der Waals surface area contributed by atoms with Crippen molar-refractivity contribution in [1.29, 1.82) is 0 Å². The largest absolute Gasteiger partial charge is 0.508 e. The lowest BCUT2D eigenvalue weighted by Gasteiger charge is -2.28. The third kappa shape index (κ3) is 5.45. The van der Waals surface area contributed by atoms with E-state index < -0.39 is 6.16 Å². The molecule has 0 heterocycles. The van der Waals surface area contributed by atoms with Gasteiger partial charge < -0.3 is 14.6 Å². The molecule has 23 heavy (non-hydrogen) atoms. The molecule has 0 aromatic heterocycles. The van der Waals surface area contributed by atoms with Crippen molar-refractivity contribution in [1.82, 2.24) is 0 Å². The van der Waals surface area contributed by atoms with Gasteiger partial charge in [-0.1, -0.05) is 48.5 Å². The summed E-state index contributed by atoms with van der Waals surface area (Å²) in [5.41, 5.74) is 2.15. The van der Waals surface area contributed by atoms with Gasteiger partial charge in [-0.15, -0.1) is 0 Å². The molecule has 130 valence electrons. The highest BCUT2D eigenvalue weighted by atomic mass is 16.7. The van der Waals surface area contributed by atoms with E-state index in [1.165, 1.54) is 0 Å². The second kappa shape index (κ2) is 7.24. The SMILES string of the molecule is CCCOC(=O)OCc1cc(C(C)(C)C)c(O)c(C(C)(C)C)c1. The van der Waals surface area contributed by atoms with Gasteiger partial charge in [0.2, 0.25) is 0 Å². The Hall–Kier alpha value is -1.71. The molecule has 0 amide bonds. The zero-order valence-electron chi connectivity index (χ0n) is 15.4. The predicted molar refractivity (Wildman–Crippen MR) is 91.9 cm³/mol. The Morgan fingerprint density at radius 2 is 1.48 bits per heavy atom. The van der Waals surface area contributed by atoms with Gasteiger partial charge in [-0.25, -0.2) is 4.79 Å². The standard InChI is InChI=1S/C19H30O4/c1-8-9-22-17(21)23-12-13-10-14(18(2,3)4)16(20)15(11-13)19(5,6)7/h10-11,20H,8-9,12H2,1-7H3. The molecule has 0 radical (unpaired) electrons. The van der Waals surface area contributed by atoms with E-state index in [1.807, 2.05) is 19.1 Å². The number of carbonyl (C=O) groups excluding carboxylic acids is 1. The monoisotopic (exact) mass is 322 g/mol. The Morgan fingerprint density at radius 3 is 1.87 bits per heavy atom. The fourth-order valence-electron chi connectivity index (χ4n) is 2.29. The summed E-state index contributed by atoms with van der Waals surface area (Å²) in [6.45, 7) is 14.7. The molecule has 0 unspecified atom stereocenters. The highest BCUT2D eigenvalue weighted by molar-refractivity contribution is 5.60. The van der Waals surface area contributed by atoms with E-state index in [-0.39, 0.29) is 17.4 Å². The second-order valence-corrected chi connectivity index (χ2v) is 7.93. The van der Waals surface area contributed by atoms with Crippen molar-refractivity contribution < 1.29 is 19.4 Å². The van der Waals surface area contributed by atoms with Crippen molar-refractivity contribution in [3.8, 4) is 5.75 Å². The summed E-state index contributed by atoms with van der Waals surface area (Å²) in [4.78, 5) is 11.5. The second-order valence-electron chi connectivity index (χ2n) is 7.93. The van der Waals surface area contributed by atoms with E-state index in [4.69, 9.17) is 9.47 Å². The minimum absolute atomic E-state index is 0.134. The van der Waals surface area contributed by atoms with Crippen molar-refractivity contribution in [3.63, 3.8) is 0 Å². The molecule has 0 aliphatic heterocycles. The number of benzene rings is 1. The van der Waals surface area contributed by atoms with Crippen LogP contribution in [-0.4, -0.2) is 17.9 Å². The van der Waals surface area contributed by atoms with Gasteiger partial charge in [-0.3, -0.25) is 0 Å². The van der Waals surface area contributed by atoms with Gasteiger partial charge in [0.15, 0.2) is 0 Å². The van der Waals surface area contributed by atoms with Crippen molar-refractivity contribution in [3.05, 3.63) is 28.8 Å². The third-order valence-corrected chi connectivity index (χ3v) is 3.57. The maximum atomic E-state index is 11.5. The van der Waals surface area contributed by atoms with Crippen LogP contribution in [0, 0.1) is 0 Å². The number of hydrogen-bond donors (Lipinski definition) is 1. The van der Waals surface area contributed by atoms with Crippen molar-refractivity contribution >= 4 is 6.16 Å². The first-order valence-corrected chi connectivity index (χ1v) is 8.13. The Balaban J connectivity index is 3.11. The highest BCUT2D eigenvalue weighted by Crippen LogP contribution is 2.39. The summed E-state index contributed by atoms with van der Waals surface area (Å²) >= 11 is 0. The lowest BCUT2D eigenvalue weighted by atomic mass is 9.78. The first kappa shape index (κ1) is 19.3. The Bertz CT molecular complexity index is 512. The number of aromatic hydroxyl groups is 1. The van der Waals surface area contributed by atoms with Crippen LogP contribution < -0.4 is 0 Å². The van der Waals surface area contributed by atoms with Gasteiger partial charge in [0.05, 0.1) is 6.61 Å². The maximum Gasteiger partial charge on any atom is 0.508 e. The molecule has 0 atom stereocenters. The summed E-state index contributed by atoms with van der Waals surface area (Å²) in [7, 11) is 0. The molecule has 0 aliphatic rings. The maximum absolute atomic E-state index is 11.5. The molecule has 0 bridgehead atoms. The Morgan fingerprint density at radius 1 is 1.00 bits per heavy atom. The van der Waals surface area contributed by atoms with Crippen LogP contribution in [0.5, 0.6) is 5.75 Å². The minimum atomic E-state index is -0.658. The van der Waals surface area contributed by atoms with Gasteiger partial charge >= 0.3 is 6.16 Å². The average Bonchev–Trinajstić information content (AvgIpc) is 2.41. The lowest BCUT2D eigenvalue weighted by Crippen LogP contribution is -2.18. The van der Waals surface area contributed by atoms with Gasteiger partial charge in [0, 0.05) is 0 Å². The van der Waals surface area contributed by atoms with E-state index in [0.717, 1.165) is 23.1 Å².